The van der Waals surface area contributed by atoms with Crippen molar-refractivity contribution in [2.75, 3.05) is 5.32 Å². The predicted octanol–water partition coefficient (Wildman–Crippen LogP) is 5.61. The van der Waals surface area contributed by atoms with Crippen LogP contribution in [-0.4, -0.2) is 5.91 Å². The Bertz CT molecular complexity index is 917. The van der Waals surface area contributed by atoms with E-state index in [1.54, 1.807) is 30.3 Å². The lowest BCUT2D eigenvalue weighted by molar-refractivity contribution is 0.102. The van der Waals surface area contributed by atoms with Crippen molar-refractivity contribution in [1.82, 2.24) is 0 Å². The first-order valence-electron chi connectivity index (χ1n) is 7.32. The Hall–Kier alpha value is -2.48. The van der Waals surface area contributed by atoms with Crippen molar-refractivity contribution in [2.45, 2.75) is 0 Å². The van der Waals surface area contributed by atoms with E-state index in [-0.39, 0.29) is 17.0 Å². The summed E-state index contributed by atoms with van der Waals surface area (Å²) in [5.41, 5.74) is 0.0194. The molecule has 126 valence electrons. The van der Waals surface area contributed by atoms with Crippen molar-refractivity contribution in [3.05, 3.63) is 87.5 Å². The molecule has 0 aliphatic heterocycles. The molecule has 0 atom stereocenters. The van der Waals surface area contributed by atoms with E-state index >= 15 is 0 Å². The molecule has 3 aromatic carbocycles. The zero-order valence-corrected chi connectivity index (χ0v) is 15.0. The van der Waals surface area contributed by atoms with Crippen molar-refractivity contribution < 1.29 is 18.3 Å². The first-order valence-corrected chi connectivity index (χ1v) is 8.40. The van der Waals surface area contributed by atoms with Gasteiger partial charge in [0, 0.05) is 3.57 Å². The number of nitrogens with one attached hydrogen (secondary N) is 1. The number of halogens is 3. The summed E-state index contributed by atoms with van der Waals surface area (Å²) in [6.45, 7) is 0. The first kappa shape index (κ1) is 17.3. The first-order chi connectivity index (χ1) is 12.0. The Morgan fingerprint density at radius 3 is 2.48 bits per heavy atom. The fraction of sp³-hybridized carbons (Fsp3) is 0. The number of anilines is 1. The molecule has 0 aliphatic rings. The average Bonchev–Trinajstić information content (AvgIpc) is 2.61. The topological polar surface area (TPSA) is 38.3 Å². The summed E-state index contributed by atoms with van der Waals surface area (Å²) in [6.07, 6.45) is 0. The molecule has 1 N–H and O–H groups in total. The second-order valence-electron chi connectivity index (χ2n) is 5.11. The molecule has 0 saturated heterocycles. The SMILES string of the molecule is O=C(Nc1c(F)cccc1Oc1ccccc1)c1cc(F)ccc1I. The fourth-order valence-electron chi connectivity index (χ4n) is 2.18. The standard InChI is InChI=1S/C19H12F2INO2/c20-12-9-10-16(22)14(11-12)19(24)23-18-15(21)7-4-8-17(18)25-13-5-2-1-3-6-13/h1-11H,(H,23,24). The molecule has 3 rings (SSSR count). The molecule has 0 bridgehead atoms. The number of hydrogen-bond acceptors (Lipinski definition) is 2. The summed E-state index contributed by atoms with van der Waals surface area (Å²) in [4.78, 5) is 12.4. The largest absolute Gasteiger partial charge is 0.455 e. The van der Waals surface area contributed by atoms with Gasteiger partial charge in [-0.3, -0.25) is 4.79 Å². The lowest BCUT2D eigenvalue weighted by Gasteiger charge is -2.13. The summed E-state index contributed by atoms with van der Waals surface area (Å²) in [7, 11) is 0. The van der Waals surface area contributed by atoms with Crippen molar-refractivity contribution in [3.8, 4) is 11.5 Å². The molecule has 25 heavy (non-hydrogen) atoms. The Morgan fingerprint density at radius 1 is 0.960 bits per heavy atom. The normalized spacial score (nSPS) is 10.4. The van der Waals surface area contributed by atoms with E-state index in [0.29, 0.717) is 9.32 Å². The lowest BCUT2D eigenvalue weighted by Crippen LogP contribution is -2.15. The molecule has 6 heteroatoms. The van der Waals surface area contributed by atoms with Crippen LogP contribution in [0.1, 0.15) is 10.4 Å². The number of amides is 1. The number of rotatable bonds is 4. The minimum Gasteiger partial charge on any atom is -0.455 e. The van der Waals surface area contributed by atoms with Gasteiger partial charge in [-0.05, 0) is 65.1 Å². The molecule has 1 amide bonds. The van der Waals surface area contributed by atoms with Crippen LogP contribution in [-0.2, 0) is 0 Å². The summed E-state index contributed by atoms with van der Waals surface area (Å²) in [6, 6.07) is 16.9. The second-order valence-corrected chi connectivity index (χ2v) is 6.27. The minimum atomic E-state index is -0.645. The Kier molecular flexibility index (Phi) is 5.28. The summed E-state index contributed by atoms with van der Waals surface area (Å²) in [5.74, 6) is -1.14. The highest BCUT2D eigenvalue weighted by atomic mass is 127. The third-order valence-electron chi connectivity index (χ3n) is 3.36. The molecule has 3 nitrogen and oxygen atoms in total. The predicted molar refractivity (Wildman–Crippen MR) is 100.0 cm³/mol. The molecule has 0 heterocycles. The molecule has 0 unspecified atom stereocenters. The summed E-state index contributed by atoms with van der Waals surface area (Å²) in [5, 5.41) is 2.47. The second kappa shape index (κ2) is 7.60. The van der Waals surface area contributed by atoms with Crippen molar-refractivity contribution in [1.29, 1.82) is 0 Å². The lowest BCUT2D eigenvalue weighted by atomic mass is 10.2. The van der Waals surface area contributed by atoms with Gasteiger partial charge in [0.15, 0.2) is 11.6 Å². The van der Waals surface area contributed by atoms with Crippen LogP contribution >= 0.6 is 22.6 Å². The summed E-state index contributed by atoms with van der Waals surface area (Å²) < 4.78 is 33.9. The van der Waals surface area contributed by atoms with Crippen molar-refractivity contribution >= 4 is 34.2 Å². The van der Waals surface area contributed by atoms with Gasteiger partial charge in [-0.2, -0.15) is 0 Å². The van der Waals surface area contributed by atoms with Crippen LogP contribution < -0.4 is 10.1 Å². The smallest absolute Gasteiger partial charge is 0.257 e. The minimum absolute atomic E-state index is 0.101. The fourth-order valence-corrected chi connectivity index (χ4v) is 2.76. The van der Waals surface area contributed by atoms with Crippen LogP contribution in [0.5, 0.6) is 11.5 Å². The van der Waals surface area contributed by atoms with Crippen LogP contribution in [0.3, 0.4) is 0 Å². The number of hydrogen-bond donors (Lipinski definition) is 1. The van der Waals surface area contributed by atoms with E-state index in [4.69, 9.17) is 4.74 Å². The Morgan fingerprint density at radius 2 is 1.72 bits per heavy atom. The summed E-state index contributed by atoms with van der Waals surface area (Å²) >= 11 is 1.92. The molecule has 3 aromatic rings. The molecule has 0 aromatic heterocycles. The number of carbonyl (C=O) groups excluding carboxylic acids is 1. The van der Waals surface area contributed by atoms with E-state index in [2.05, 4.69) is 5.32 Å². The molecule has 0 aliphatic carbocycles. The van der Waals surface area contributed by atoms with E-state index in [0.717, 1.165) is 6.07 Å². The van der Waals surface area contributed by atoms with E-state index < -0.39 is 17.5 Å². The van der Waals surface area contributed by atoms with E-state index in [9.17, 15) is 13.6 Å². The third kappa shape index (κ3) is 4.14. The van der Waals surface area contributed by atoms with Gasteiger partial charge in [0.2, 0.25) is 0 Å². The quantitative estimate of drug-likeness (QED) is 0.524. The van der Waals surface area contributed by atoms with Crippen LogP contribution in [0.2, 0.25) is 0 Å². The molecule has 0 fully saturated rings. The van der Waals surface area contributed by atoms with E-state index in [1.165, 1.54) is 24.3 Å². The number of para-hydroxylation sites is 2. The zero-order chi connectivity index (χ0) is 17.8. The highest BCUT2D eigenvalue weighted by Gasteiger charge is 2.17. The maximum Gasteiger partial charge on any atom is 0.257 e. The zero-order valence-electron chi connectivity index (χ0n) is 12.8. The highest BCUT2D eigenvalue weighted by Crippen LogP contribution is 2.32. The highest BCUT2D eigenvalue weighted by molar-refractivity contribution is 14.1. The van der Waals surface area contributed by atoms with Gasteiger partial charge in [0.05, 0.1) is 5.56 Å². The van der Waals surface area contributed by atoms with Gasteiger partial charge >= 0.3 is 0 Å². The van der Waals surface area contributed by atoms with Gasteiger partial charge in [0.25, 0.3) is 5.91 Å². The van der Waals surface area contributed by atoms with Gasteiger partial charge in [0.1, 0.15) is 17.3 Å². The van der Waals surface area contributed by atoms with Crippen LogP contribution in [0.25, 0.3) is 0 Å². The van der Waals surface area contributed by atoms with Gasteiger partial charge < -0.3 is 10.1 Å². The molecule has 0 radical (unpaired) electrons. The number of ether oxygens (including phenoxy) is 1. The Labute approximate surface area is 156 Å². The van der Waals surface area contributed by atoms with Crippen LogP contribution in [0, 0.1) is 15.2 Å². The third-order valence-corrected chi connectivity index (χ3v) is 4.30. The number of carbonyl (C=O) groups is 1. The van der Waals surface area contributed by atoms with Gasteiger partial charge in [-0.15, -0.1) is 0 Å². The maximum absolute atomic E-state index is 14.2. The monoisotopic (exact) mass is 451 g/mol. The molecule has 0 spiro atoms. The average molecular weight is 451 g/mol. The molecular formula is C19H12F2INO2. The van der Waals surface area contributed by atoms with Gasteiger partial charge in [-0.1, -0.05) is 24.3 Å². The van der Waals surface area contributed by atoms with E-state index in [1.807, 2.05) is 28.7 Å². The van der Waals surface area contributed by atoms with Gasteiger partial charge in [-0.25, -0.2) is 8.78 Å². The molecular weight excluding hydrogens is 439 g/mol. The number of benzene rings is 3. The van der Waals surface area contributed by atoms with Crippen molar-refractivity contribution in [3.63, 3.8) is 0 Å². The van der Waals surface area contributed by atoms with Crippen LogP contribution in [0.4, 0.5) is 14.5 Å². The Balaban J connectivity index is 1.92. The maximum atomic E-state index is 14.2. The molecule has 0 saturated carbocycles. The van der Waals surface area contributed by atoms with Crippen molar-refractivity contribution in [2.24, 2.45) is 0 Å². The van der Waals surface area contributed by atoms with Crippen LogP contribution in [0.15, 0.2) is 66.7 Å².